The van der Waals surface area contributed by atoms with Crippen LogP contribution in [0.15, 0.2) is 82.2 Å². The molecule has 3 aromatic carbocycles. The van der Waals surface area contributed by atoms with Crippen LogP contribution in [-0.2, 0) is 21.2 Å². The zero-order valence-electron chi connectivity index (χ0n) is 18.2. The van der Waals surface area contributed by atoms with E-state index in [1.54, 1.807) is 30.3 Å². The Morgan fingerprint density at radius 3 is 2.35 bits per heavy atom. The van der Waals surface area contributed by atoms with Gasteiger partial charge in [-0.25, -0.2) is 8.42 Å². The predicted octanol–water partition coefficient (Wildman–Crippen LogP) is 5.07. The Labute approximate surface area is 202 Å². The van der Waals surface area contributed by atoms with Crippen LogP contribution in [0.3, 0.4) is 0 Å². The highest BCUT2D eigenvalue weighted by molar-refractivity contribution is 7.92. The lowest BCUT2D eigenvalue weighted by atomic mass is 10.2. The van der Waals surface area contributed by atoms with Crippen molar-refractivity contribution in [3.05, 3.63) is 89.3 Å². The molecule has 0 unspecified atom stereocenters. The first-order valence-electron chi connectivity index (χ1n) is 10.4. The summed E-state index contributed by atoms with van der Waals surface area (Å²) in [6, 6.07) is 20.1. The number of carbonyl (C=O) groups excluding carboxylic acids is 1. The van der Waals surface area contributed by atoms with Crippen molar-refractivity contribution in [3.63, 3.8) is 0 Å². The number of sulfonamides is 1. The van der Waals surface area contributed by atoms with Gasteiger partial charge >= 0.3 is 0 Å². The number of nitrogens with one attached hydrogen (secondary N) is 2. The lowest BCUT2D eigenvalue weighted by Gasteiger charge is -2.09. The molecule has 10 heteroatoms. The molecule has 0 saturated carbocycles. The number of nitrogens with zero attached hydrogens (tertiary/aromatic N) is 2. The van der Waals surface area contributed by atoms with Gasteiger partial charge in [-0.3, -0.25) is 9.52 Å². The number of aromatic nitrogens is 2. The minimum Gasteiger partial charge on any atom is -0.339 e. The molecule has 4 rings (SSSR count). The maximum Gasteiger partial charge on any atom is 0.261 e. The van der Waals surface area contributed by atoms with Crippen molar-refractivity contribution in [2.24, 2.45) is 0 Å². The van der Waals surface area contributed by atoms with E-state index in [1.807, 2.05) is 25.1 Å². The third kappa shape index (κ3) is 5.81. The average Bonchev–Trinajstić information content (AvgIpc) is 3.29. The summed E-state index contributed by atoms with van der Waals surface area (Å²) >= 11 is 6.14. The van der Waals surface area contributed by atoms with E-state index in [4.69, 9.17) is 16.1 Å². The molecule has 0 aliphatic carbocycles. The normalized spacial score (nSPS) is 11.2. The van der Waals surface area contributed by atoms with Gasteiger partial charge in [0.1, 0.15) is 0 Å². The van der Waals surface area contributed by atoms with E-state index < -0.39 is 10.0 Å². The highest BCUT2D eigenvalue weighted by Gasteiger charge is 2.15. The van der Waals surface area contributed by atoms with E-state index in [2.05, 4.69) is 20.2 Å². The Balaban J connectivity index is 1.32. The van der Waals surface area contributed by atoms with Crippen LogP contribution in [0.4, 0.5) is 11.4 Å². The third-order valence-corrected chi connectivity index (χ3v) is 6.63. The second kappa shape index (κ2) is 10.1. The van der Waals surface area contributed by atoms with Crippen LogP contribution in [0.5, 0.6) is 0 Å². The van der Waals surface area contributed by atoms with Crippen LogP contribution in [0, 0.1) is 6.92 Å². The van der Waals surface area contributed by atoms with Crippen molar-refractivity contribution in [2.45, 2.75) is 24.7 Å². The fraction of sp³-hybridized carbons (Fsp3) is 0.125. The zero-order valence-corrected chi connectivity index (χ0v) is 19.7. The van der Waals surface area contributed by atoms with Crippen LogP contribution in [-0.4, -0.2) is 24.5 Å². The van der Waals surface area contributed by atoms with Crippen LogP contribution >= 0.6 is 11.6 Å². The smallest absolute Gasteiger partial charge is 0.261 e. The first-order chi connectivity index (χ1) is 16.3. The fourth-order valence-electron chi connectivity index (χ4n) is 3.11. The molecule has 0 radical (unpaired) electrons. The fourth-order valence-corrected chi connectivity index (χ4v) is 4.38. The molecule has 2 N–H and O–H groups in total. The number of benzene rings is 3. The molecule has 34 heavy (non-hydrogen) atoms. The first kappa shape index (κ1) is 23.5. The number of amides is 1. The van der Waals surface area contributed by atoms with Crippen molar-refractivity contribution in [1.29, 1.82) is 0 Å². The van der Waals surface area contributed by atoms with Gasteiger partial charge in [-0.05, 0) is 55.5 Å². The quantitative estimate of drug-likeness (QED) is 0.352. The largest absolute Gasteiger partial charge is 0.339 e. The number of rotatable bonds is 8. The number of hydrogen-bond acceptors (Lipinski definition) is 6. The van der Waals surface area contributed by atoms with Gasteiger partial charge in [-0.1, -0.05) is 46.6 Å². The molecule has 4 aromatic rings. The van der Waals surface area contributed by atoms with E-state index in [-0.39, 0.29) is 23.6 Å². The molecule has 0 bridgehead atoms. The van der Waals surface area contributed by atoms with Gasteiger partial charge in [-0.2, -0.15) is 4.98 Å². The molecule has 8 nitrogen and oxygen atoms in total. The van der Waals surface area contributed by atoms with Gasteiger partial charge in [0, 0.05) is 29.8 Å². The summed E-state index contributed by atoms with van der Waals surface area (Å²) in [5.74, 6) is 0.400. The Bertz CT molecular complexity index is 1400. The molecule has 0 atom stereocenters. The molecular formula is C24H21ClN4O4S. The van der Waals surface area contributed by atoms with Crippen molar-refractivity contribution < 1.29 is 17.7 Å². The Hall–Kier alpha value is -3.69. The first-order valence-corrected chi connectivity index (χ1v) is 12.2. The summed E-state index contributed by atoms with van der Waals surface area (Å²) in [5.41, 5.74) is 2.63. The predicted molar refractivity (Wildman–Crippen MR) is 130 cm³/mol. The summed E-state index contributed by atoms with van der Waals surface area (Å²) in [6.45, 7) is 1.92. The molecule has 0 aliphatic heterocycles. The van der Waals surface area contributed by atoms with Gasteiger partial charge < -0.3 is 9.84 Å². The second-order valence-electron chi connectivity index (χ2n) is 7.54. The molecule has 1 amide bonds. The monoisotopic (exact) mass is 496 g/mol. The number of halogens is 1. The van der Waals surface area contributed by atoms with Gasteiger partial charge in [0.05, 0.1) is 9.92 Å². The lowest BCUT2D eigenvalue weighted by Crippen LogP contribution is -2.14. The van der Waals surface area contributed by atoms with Gasteiger partial charge in [-0.15, -0.1) is 0 Å². The maximum atomic E-state index is 12.6. The molecule has 174 valence electrons. The standard InChI is InChI=1S/C24H21ClN4O4S/c1-16-6-8-18(9-7-16)29-34(31,32)19-12-10-17(11-13-19)26-22(30)14-15-23-27-24(28-33-23)20-4-2-3-5-21(20)25/h2-13,29H,14-15H2,1H3,(H,26,30). The Morgan fingerprint density at radius 2 is 1.65 bits per heavy atom. The summed E-state index contributed by atoms with van der Waals surface area (Å²) in [5, 5.41) is 7.15. The molecule has 0 saturated heterocycles. The average molecular weight is 497 g/mol. The van der Waals surface area contributed by atoms with Gasteiger partial charge in [0.2, 0.25) is 17.6 Å². The minimum atomic E-state index is -3.74. The number of anilines is 2. The number of carbonyl (C=O) groups is 1. The summed E-state index contributed by atoms with van der Waals surface area (Å²) < 4.78 is 32.9. The van der Waals surface area contributed by atoms with Crippen molar-refractivity contribution in [3.8, 4) is 11.4 Å². The lowest BCUT2D eigenvalue weighted by molar-refractivity contribution is -0.116. The molecule has 1 aromatic heterocycles. The number of hydrogen-bond donors (Lipinski definition) is 2. The van der Waals surface area contributed by atoms with Gasteiger partial charge in [0.25, 0.3) is 10.0 Å². The molecule has 0 aliphatic rings. The highest BCUT2D eigenvalue weighted by atomic mass is 35.5. The zero-order chi connectivity index (χ0) is 24.1. The van der Waals surface area contributed by atoms with Gasteiger partial charge in [0.15, 0.2) is 0 Å². The molecular weight excluding hydrogens is 476 g/mol. The van der Waals surface area contributed by atoms with E-state index in [0.717, 1.165) is 5.56 Å². The van der Waals surface area contributed by atoms with Crippen molar-refractivity contribution in [2.75, 3.05) is 10.0 Å². The Kier molecular flexibility index (Phi) is 6.95. The van der Waals surface area contributed by atoms with Crippen LogP contribution in [0.1, 0.15) is 17.9 Å². The topological polar surface area (TPSA) is 114 Å². The summed E-state index contributed by atoms with van der Waals surface area (Å²) in [4.78, 5) is 16.7. The van der Waals surface area contributed by atoms with Crippen molar-refractivity contribution >= 4 is 38.9 Å². The Morgan fingerprint density at radius 1 is 0.971 bits per heavy atom. The van der Waals surface area contributed by atoms with Crippen LogP contribution in [0.25, 0.3) is 11.4 Å². The molecule has 0 fully saturated rings. The van der Waals surface area contributed by atoms with Crippen molar-refractivity contribution in [1.82, 2.24) is 10.1 Å². The summed E-state index contributed by atoms with van der Waals surface area (Å²) in [7, 11) is -3.74. The number of aryl methyl sites for hydroxylation is 2. The molecule has 0 spiro atoms. The van der Waals surface area contributed by atoms with E-state index in [9.17, 15) is 13.2 Å². The van der Waals surface area contributed by atoms with E-state index in [0.29, 0.717) is 33.7 Å². The maximum absolute atomic E-state index is 12.6. The second-order valence-corrected chi connectivity index (χ2v) is 9.63. The van der Waals surface area contributed by atoms with Crippen LogP contribution in [0.2, 0.25) is 5.02 Å². The highest BCUT2D eigenvalue weighted by Crippen LogP contribution is 2.25. The summed E-state index contributed by atoms with van der Waals surface area (Å²) in [6.07, 6.45) is 0.357. The minimum absolute atomic E-state index is 0.0871. The SMILES string of the molecule is Cc1ccc(NS(=O)(=O)c2ccc(NC(=O)CCc3nc(-c4ccccc4Cl)no3)cc2)cc1. The molecule has 1 heterocycles. The van der Waals surface area contributed by atoms with E-state index >= 15 is 0 Å². The third-order valence-electron chi connectivity index (χ3n) is 4.90. The van der Waals surface area contributed by atoms with E-state index in [1.165, 1.54) is 24.3 Å². The van der Waals surface area contributed by atoms with Crippen LogP contribution < -0.4 is 10.0 Å².